The molecule has 0 aliphatic heterocycles. The Morgan fingerprint density at radius 3 is 2.79 bits per heavy atom. The van der Waals surface area contributed by atoms with Crippen molar-refractivity contribution in [3.8, 4) is 0 Å². The summed E-state index contributed by atoms with van der Waals surface area (Å²) in [6.07, 6.45) is 1.24. The van der Waals surface area contributed by atoms with Gasteiger partial charge in [0.2, 0.25) is 0 Å². The first-order valence-electron chi connectivity index (χ1n) is 7.40. The molecule has 0 saturated carbocycles. The van der Waals surface area contributed by atoms with Crippen LogP contribution >= 0.6 is 21.5 Å². The molecular formula is C15H21IN4O4. The monoisotopic (exact) mass is 448 g/mol. The number of nitrogens with zero attached hydrogens (tertiary/aromatic N) is 3. The van der Waals surface area contributed by atoms with Crippen LogP contribution in [-0.2, 0) is 14.4 Å². The minimum absolute atomic E-state index is 0.353. The standard InChI is InChI=1S/C15H21IN4O4/c1-10-7-11-9-18-19(13(11)8-12(10)20(23)16-22)6-5-17-14(21)24-15(2,3)4/h7-9,23H,5-6H2,1-4H3,(H,17,21). The van der Waals surface area contributed by atoms with Gasteiger partial charge in [-0.1, -0.05) is 0 Å². The van der Waals surface area contributed by atoms with E-state index in [1.807, 2.05) is 13.0 Å². The van der Waals surface area contributed by atoms with Gasteiger partial charge in [-0.25, -0.2) is 7.86 Å². The summed E-state index contributed by atoms with van der Waals surface area (Å²) in [5.41, 5.74) is 1.55. The first kappa shape index (κ1) is 18.6. The predicted molar refractivity (Wildman–Crippen MR) is 97.7 cm³/mol. The summed E-state index contributed by atoms with van der Waals surface area (Å²) in [4.78, 5) is 11.6. The van der Waals surface area contributed by atoms with E-state index in [4.69, 9.17) is 4.74 Å². The average Bonchev–Trinajstić information content (AvgIpc) is 2.86. The highest BCUT2D eigenvalue weighted by Gasteiger charge is 2.16. The normalized spacial score (nSPS) is 11.5. The number of alkyl carbamates (subject to hydrolysis) is 1. The molecule has 132 valence electrons. The van der Waals surface area contributed by atoms with Crippen LogP contribution in [0.2, 0.25) is 0 Å². The van der Waals surface area contributed by atoms with Gasteiger partial charge >= 0.3 is 6.09 Å². The van der Waals surface area contributed by atoms with Crippen molar-refractivity contribution < 1.29 is 17.8 Å². The van der Waals surface area contributed by atoms with E-state index in [-0.39, 0.29) is 0 Å². The van der Waals surface area contributed by atoms with Crippen molar-refractivity contribution in [2.45, 2.75) is 39.8 Å². The molecule has 0 atom stereocenters. The summed E-state index contributed by atoms with van der Waals surface area (Å²) in [6.45, 7) is 8.04. The number of aromatic nitrogens is 2. The van der Waals surface area contributed by atoms with Crippen LogP contribution in [-0.4, -0.2) is 33.2 Å². The number of hydrogen-bond donors (Lipinski definition) is 2. The molecule has 9 heteroatoms. The van der Waals surface area contributed by atoms with Crippen LogP contribution in [0.15, 0.2) is 18.3 Å². The number of ether oxygens (including phenoxy) is 1. The molecule has 0 spiro atoms. The molecule has 0 aliphatic rings. The fourth-order valence-corrected chi connectivity index (χ4v) is 2.95. The van der Waals surface area contributed by atoms with Crippen LogP contribution in [0.25, 0.3) is 10.9 Å². The van der Waals surface area contributed by atoms with Crippen LogP contribution in [0.5, 0.6) is 0 Å². The van der Waals surface area contributed by atoms with Crippen molar-refractivity contribution in [2.75, 3.05) is 9.82 Å². The van der Waals surface area contributed by atoms with Gasteiger partial charge < -0.3 is 10.1 Å². The van der Waals surface area contributed by atoms with Crippen molar-refractivity contribution >= 4 is 44.1 Å². The molecule has 0 saturated heterocycles. The van der Waals surface area contributed by atoms with Crippen LogP contribution in [0.3, 0.4) is 0 Å². The Morgan fingerprint density at radius 2 is 2.17 bits per heavy atom. The second-order valence-electron chi connectivity index (χ2n) is 6.32. The van der Waals surface area contributed by atoms with Gasteiger partial charge in [-0.05, 0) is 45.4 Å². The maximum Gasteiger partial charge on any atom is 0.407 e. The van der Waals surface area contributed by atoms with E-state index in [1.54, 1.807) is 37.7 Å². The molecule has 8 nitrogen and oxygen atoms in total. The molecule has 0 radical (unpaired) electrons. The summed E-state index contributed by atoms with van der Waals surface area (Å²) in [7, 11) is 0. The number of nitrogens with one attached hydrogen (secondary N) is 1. The van der Waals surface area contributed by atoms with Gasteiger partial charge in [0.05, 0.1) is 23.9 Å². The number of hydrogen-bond acceptors (Lipinski definition) is 5. The molecule has 0 aliphatic carbocycles. The Bertz CT molecular complexity index is 754. The summed E-state index contributed by atoms with van der Waals surface area (Å²) in [6, 6.07) is 3.61. The number of amides is 1. The lowest BCUT2D eigenvalue weighted by molar-refractivity contribution is 0.0526. The fourth-order valence-electron chi connectivity index (χ4n) is 2.22. The largest absolute Gasteiger partial charge is 0.444 e. The summed E-state index contributed by atoms with van der Waals surface area (Å²) in [5, 5.41) is 17.6. The molecule has 1 amide bonds. The maximum absolute atomic E-state index is 11.6. The molecule has 24 heavy (non-hydrogen) atoms. The van der Waals surface area contributed by atoms with E-state index >= 15 is 0 Å². The summed E-state index contributed by atoms with van der Waals surface area (Å²) >= 11 is -1.70. The van der Waals surface area contributed by atoms with Crippen LogP contribution in [0.1, 0.15) is 26.3 Å². The van der Waals surface area contributed by atoms with Gasteiger partial charge in [-0.2, -0.15) is 8.38 Å². The quantitative estimate of drug-likeness (QED) is 0.414. The molecular weight excluding hydrogens is 427 g/mol. The molecule has 0 bridgehead atoms. The third-order valence-corrected chi connectivity index (χ3v) is 4.11. The number of aryl methyl sites for hydroxylation is 1. The van der Waals surface area contributed by atoms with Crippen molar-refractivity contribution in [1.29, 1.82) is 0 Å². The first-order chi connectivity index (χ1) is 11.2. The van der Waals surface area contributed by atoms with E-state index in [0.717, 1.165) is 19.7 Å². The highest BCUT2D eigenvalue weighted by atomic mass is 127. The van der Waals surface area contributed by atoms with E-state index in [1.165, 1.54) is 0 Å². The van der Waals surface area contributed by atoms with Crippen LogP contribution in [0.4, 0.5) is 10.5 Å². The first-order valence-corrected chi connectivity index (χ1v) is 9.25. The van der Waals surface area contributed by atoms with E-state index in [0.29, 0.717) is 18.8 Å². The van der Waals surface area contributed by atoms with Crippen molar-refractivity contribution in [2.24, 2.45) is 0 Å². The third kappa shape index (κ3) is 4.63. The lowest BCUT2D eigenvalue weighted by Crippen LogP contribution is -2.34. The molecule has 2 aromatic rings. The third-order valence-electron chi connectivity index (χ3n) is 3.22. The second kappa shape index (κ2) is 7.43. The number of rotatable bonds is 5. The lowest BCUT2D eigenvalue weighted by atomic mass is 10.1. The van der Waals surface area contributed by atoms with Crippen molar-refractivity contribution in [1.82, 2.24) is 15.1 Å². The Balaban J connectivity index is 2.10. The molecule has 1 aromatic carbocycles. The minimum atomic E-state index is -1.70. The molecule has 2 N–H and O–H groups in total. The zero-order valence-corrected chi connectivity index (χ0v) is 16.2. The van der Waals surface area contributed by atoms with Gasteiger partial charge in [-0.15, -0.1) is 0 Å². The topological polar surface area (TPSA) is 96.7 Å². The lowest BCUT2D eigenvalue weighted by Gasteiger charge is -2.19. The maximum atomic E-state index is 11.6. The molecule has 1 heterocycles. The minimum Gasteiger partial charge on any atom is -0.444 e. The fraction of sp³-hybridized carbons (Fsp3) is 0.467. The van der Waals surface area contributed by atoms with Gasteiger partial charge in [0.1, 0.15) is 5.60 Å². The highest BCUT2D eigenvalue weighted by molar-refractivity contribution is 14.1. The zero-order valence-electron chi connectivity index (χ0n) is 14.0. The second-order valence-corrected chi connectivity index (χ2v) is 7.63. The summed E-state index contributed by atoms with van der Waals surface area (Å²) < 4.78 is 18.7. The number of carbonyl (C=O) groups excluding carboxylic acids is 1. The molecule has 1 aromatic heterocycles. The van der Waals surface area contributed by atoms with Crippen molar-refractivity contribution in [3.05, 3.63) is 23.9 Å². The Kier molecular flexibility index (Phi) is 5.75. The smallest absolute Gasteiger partial charge is 0.407 e. The van der Waals surface area contributed by atoms with Gasteiger partial charge in [0, 0.05) is 11.9 Å². The average molecular weight is 448 g/mol. The van der Waals surface area contributed by atoms with Crippen LogP contribution < -0.4 is 8.59 Å². The van der Waals surface area contributed by atoms with Crippen LogP contribution in [0, 0.1) is 6.92 Å². The van der Waals surface area contributed by atoms with Gasteiger partial charge in [0.15, 0.2) is 0 Å². The Labute approximate surface area is 150 Å². The number of anilines is 1. The number of carbonyl (C=O) groups is 1. The highest BCUT2D eigenvalue weighted by Crippen LogP contribution is 2.28. The van der Waals surface area contributed by atoms with E-state index in [2.05, 4.69) is 10.4 Å². The van der Waals surface area contributed by atoms with Gasteiger partial charge in [-0.3, -0.25) is 9.89 Å². The molecule has 0 unspecified atom stereocenters. The number of benzene rings is 1. The number of halogens is 1. The number of fused-ring (bicyclic) bond motifs is 1. The van der Waals surface area contributed by atoms with Crippen molar-refractivity contribution in [3.63, 3.8) is 0 Å². The van der Waals surface area contributed by atoms with Gasteiger partial charge in [0.25, 0.3) is 21.5 Å². The van der Waals surface area contributed by atoms with E-state index < -0.39 is 33.2 Å². The predicted octanol–water partition coefficient (Wildman–Crippen LogP) is 3.30. The molecule has 2 rings (SSSR count). The summed E-state index contributed by atoms with van der Waals surface area (Å²) in [5.74, 6) is 0. The Hall–Kier alpha value is -1.75. The van der Waals surface area contributed by atoms with E-state index in [9.17, 15) is 13.1 Å². The SMILES string of the molecule is Cc1cc2cnn(CCNC(=O)OC(C)(C)C)c2cc1N(O)I=O. The molecule has 0 fully saturated rings. The zero-order chi connectivity index (χ0) is 17.9. The Morgan fingerprint density at radius 1 is 1.46 bits per heavy atom.